The van der Waals surface area contributed by atoms with Gasteiger partial charge in [-0.1, -0.05) is 12.2 Å². The molecule has 0 fully saturated rings. The average molecular weight is 109 g/mol. The van der Waals surface area contributed by atoms with Crippen molar-refractivity contribution in [2.45, 2.75) is 6.42 Å². The average Bonchev–Trinajstić information content (AvgIpc) is 1.67. The van der Waals surface area contributed by atoms with E-state index in [0.717, 1.165) is 0 Å². The predicted molar refractivity (Wildman–Crippen MR) is 28.9 cm³/mol. The summed E-state index contributed by atoms with van der Waals surface area (Å²) < 4.78 is 0. The zero-order chi connectivity index (χ0) is 6.04. The third-order valence-corrected chi connectivity index (χ3v) is 1.42. The van der Waals surface area contributed by atoms with E-state index in [-0.39, 0.29) is 6.61 Å². The van der Waals surface area contributed by atoms with Crippen LogP contribution in [0.1, 0.15) is 6.42 Å². The molecule has 1 unspecified atom stereocenters. The van der Waals surface area contributed by atoms with Crippen molar-refractivity contribution in [1.82, 2.24) is 0 Å². The number of nitrogens with zero attached hydrogens (tertiary/aromatic N) is 1. The van der Waals surface area contributed by atoms with Gasteiger partial charge in [0.1, 0.15) is 5.41 Å². The Labute approximate surface area is 48.1 Å². The lowest BCUT2D eigenvalue weighted by atomic mass is 9.79. The molecule has 2 heteroatoms. The molecule has 1 N–H and O–H groups in total. The first-order chi connectivity index (χ1) is 3.83. The van der Waals surface area contributed by atoms with Crippen molar-refractivity contribution in [2.75, 3.05) is 6.61 Å². The number of allylic oxidation sites excluding steroid dienone is 1. The Hall–Kier alpha value is -0.810. The topological polar surface area (TPSA) is 44.0 Å². The summed E-state index contributed by atoms with van der Waals surface area (Å²) in [4.78, 5) is 0. The highest BCUT2D eigenvalue weighted by molar-refractivity contribution is 5.22. The smallest absolute Gasteiger partial charge is 0.102 e. The molecule has 1 aliphatic carbocycles. The number of nitriles is 1. The minimum atomic E-state index is -0.514. The summed E-state index contributed by atoms with van der Waals surface area (Å²) in [7, 11) is 0. The minimum absolute atomic E-state index is 0.0417. The molecule has 0 saturated carbocycles. The van der Waals surface area contributed by atoms with E-state index in [1.165, 1.54) is 0 Å². The molecule has 0 amide bonds. The van der Waals surface area contributed by atoms with Crippen molar-refractivity contribution in [3.8, 4) is 6.07 Å². The normalized spacial score (nSPS) is 33.5. The van der Waals surface area contributed by atoms with E-state index in [1.54, 1.807) is 6.08 Å². The standard InChI is InChI=1S/C6H7NO/c7-4-6(5-8)2-1-3-6/h1-2,8H,3,5H2. The molecular formula is C6H7NO. The van der Waals surface area contributed by atoms with Gasteiger partial charge in [0.15, 0.2) is 0 Å². The fraction of sp³-hybridized carbons (Fsp3) is 0.500. The molecule has 0 aliphatic heterocycles. The van der Waals surface area contributed by atoms with Crippen molar-refractivity contribution in [3.05, 3.63) is 12.2 Å². The van der Waals surface area contributed by atoms with Gasteiger partial charge in [-0.25, -0.2) is 0 Å². The van der Waals surface area contributed by atoms with E-state index in [2.05, 4.69) is 0 Å². The lowest BCUT2D eigenvalue weighted by Gasteiger charge is -2.24. The first-order valence-corrected chi connectivity index (χ1v) is 2.53. The van der Waals surface area contributed by atoms with Gasteiger partial charge < -0.3 is 5.11 Å². The highest BCUT2D eigenvalue weighted by Crippen LogP contribution is 2.30. The van der Waals surface area contributed by atoms with Gasteiger partial charge in [0.25, 0.3) is 0 Å². The van der Waals surface area contributed by atoms with Crippen LogP contribution in [0.5, 0.6) is 0 Å². The maximum atomic E-state index is 8.56. The van der Waals surface area contributed by atoms with E-state index in [1.807, 2.05) is 12.1 Å². The predicted octanol–water partition coefficient (Wildman–Crippen LogP) is 0.449. The molecule has 0 aromatic rings. The van der Waals surface area contributed by atoms with Crippen molar-refractivity contribution < 1.29 is 5.11 Å². The number of aliphatic hydroxyl groups is 1. The second-order valence-electron chi connectivity index (χ2n) is 2.03. The van der Waals surface area contributed by atoms with E-state index in [0.29, 0.717) is 6.42 Å². The lowest BCUT2D eigenvalue weighted by molar-refractivity contribution is 0.201. The van der Waals surface area contributed by atoms with Gasteiger partial charge in [-0.05, 0) is 6.42 Å². The molecule has 2 nitrogen and oxygen atoms in total. The van der Waals surface area contributed by atoms with Crippen LogP contribution in [-0.4, -0.2) is 11.7 Å². The highest BCUT2D eigenvalue weighted by Gasteiger charge is 2.29. The van der Waals surface area contributed by atoms with Crippen LogP contribution in [-0.2, 0) is 0 Å². The van der Waals surface area contributed by atoms with Crippen LogP contribution in [0.3, 0.4) is 0 Å². The van der Waals surface area contributed by atoms with Crippen LogP contribution in [0.25, 0.3) is 0 Å². The maximum absolute atomic E-state index is 8.56. The second-order valence-corrected chi connectivity index (χ2v) is 2.03. The first kappa shape index (κ1) is 5.33. The van der Waals surface area contributed by atoms with Gasteiger partial charge in [-0.15, -0.1) is 0 Å². The Morgan fingerprint density at radius 2 is 2.50 bits per heavy atom. The lowest BCUT2D eigenvalue weighted by Crippen LogP contribution is -2.25. The Balaban J connectivity index is 2.65. The first-order valence-electron chi connectivity index (χ1n) is 2.53. The molecule has 42 valence electrons. The number of aliphatic hydroxyl groups excluding tert-OH is 1. The summed E-state index contributed by atoms with van der Waals surface area (Å²) in [6.45, 7) is -0.0417. The van der Waals surface area contributed by atoms with Crippen molar-refractivity contribution in [3.63, 3.8) is 0 Å². The quantitative estimate of drug-likeness (QED) is 0.497. The molecule has 0 aromatic carbocycles. The molecule has 0 heterocycles. The van der Waals surface area contributed by atoms with Crippen molar-refractivity contribution in [1.29, 1.82) is 5.26 Å². The molecule has 0 aromatic heterocycles. The monoisotopic (exact) mass is 109 g/mol. The van der Waals surface area contributed by atoms with Gasteiger partial charge in [-0.2, -0.15) is 5.26 Å². The molecule has 0 saturated heterocycles. The van der Waals surface area contributed by atoms with E-state index in [9.17, 15) is 0 Å². The summed E-state index contributed by atoms with van der Waals surface area (Å²) in [5.41, 5.74) is -0.514. The van der Waals surface area contributed by atoms with Crippen LogP contribution < -0.4 is 0 Å². The summed E-state index contributed by atoms with van der Waals surface area (Å²) >= 11 is 0. The van der Waals surface area contributed by atoms with Crippen LogP contribution >= 0.6 is 0 Å². The van der Waals surface area contributed by atoms with Gasteiger partial charge in [-0.3, -0.25) is 0 Å². The number of rotatable bonds is 1. The van der Waals surface area contributed by atoms with Gasteiger partial charge >= 0.3 is 0 Å². The molecule has 8 heavy (non-hydrogen) atoms. The summed E-state index contributed by atoms with van der Waals surface area (Å²) in [5, 5.41) is 16.9. The zero-order valence-corrected chi connectivity index (χ0v) is 4.46. The van der Waals surface area contributed by atoms with E-state index in [4.69, 9.17) is 10.4 Å². The molecule has 0 radical (unpaired) electrons. The highest BCUT2D eigenvalue weighted by atomic mass is 16.3. The minimum Gasteiger partial charge on any atom is -0.394 e. The second kappa shape index (κ2) is 1.61. The molecule has 0 bridgehead atoms. The Kier molecular flexibility index (Phi) is 1.07. The third kappa shape index (κ3) is 0.524. The molecule has 1 atom stereocenters. The van der Waals surface area contributed by atoms with E-state index < -0.39 is 5.41 Å². The van der Waals surface area contributed by atoms with Gasteiger partial charge in [0.05, 0.1) is 12.7 Å². The zero-order valence-electron chi connectivity index (χ0n) is 4.46. The van der Waals surface area contributed by atoms with Crippen LogP contribution in [0.15, 0.2) is 12.2 Å². The Bertz CT molecular complexity index is 156. The van der Waals surface area contributed by atoms with Crippen LogP contribution in [0.2, 0.25) is 0 Å². The SMILES string of the molecule is N#CC1(CO)C=CC1. The summed E-state index contributed by atoms with van der Waals surface area (Å²) in [6, 6.07) is 2.03. The molecule has 1 aliphatic rings. The molecule has 0 spiro atoms. The third-order valence-electron chi connectivity index (χ3n) is 1.42. The van der Waals surface area contributed by atoms with Crippen molar-refractivity contribution in [2.24, 2.45) is 5.41 Å². The maximum Gasteiger partial charge on any atom is 0.102 e. The summed E-state index contributed by atoms with van der Waals surface area (Å²) in [6.07, 6.45) is 4.34. The molecule has 1 rings (SSSR count). The fourth-order valence-electron chi connectivity index (χ4n) is 0.638. The fourth-order valence-corrected chi connectivity index (χ4v) is 0.638. The van der Waals surface area contributed by atoms with E-state index >= 15 is 0 Å². The number of hydrogen-bond donors (Lipinski definition) is 1. The largest absolute Gasteiger partial charge is 0.394 e. The summed E-state index contributed by atoms with van der Waals surface area (Å²) in [5.74, 6) is 0. The Morgan fingerprint density at radius 3 is 2.50 bits per heavy atom. The Morgan fingerprint density at radius 1 is 1.88 bits per heavy atom. The van der Waals surface area contributed by atoms with Crippen LogP contribution in [0.4, 0.5) is 0 Å². The molecular weight excluding hydrogens is 102 g/mol. The van der Waals surface area contributed by atoms with Gasteiger partial charge in [0.2, 0.25) is 0 Å². The van der Waals surface area contributed by atoms with Gasteiger partial charge in [0, 0.05) is 0 Å². The number of hydrogen-bond acceptors (Lipinski definition) is 2. The van der Waals surface area contributed by atoms with Crippen LogP contribution in [0, 0.1) is 16.7 Å². The van der Waals surface area contributed by atoms with Crippen molar-refractivity contribution >= 4 is 0 Å².